The molecule has 3 fully saturated rings. The number of fused-ring (bicyclic) bond motifs is 3. The van der Waals surface area contributed by atoms with Gasteiger partial charge in [0.2, 0.25) is 0 Å². The van der Waals surface area contributed by atoms with Gasteiger partial charge in [0, 0.05) is 46.6 Å². The molecule has 1 unspecified atom stereocenters. The van der Waals surface area contributed by atoms with Crippen molar-refractivity contribution in [2.24, 2.45) is 21.7 Å². The standard InChI is InChI=1S/C28H36FN9O/c1-26(2,39)25(29)17-34-16-24(38-33)20-15-35-23(21-4-3-19(36-21)11-18(13-30)14-31)12-22(20)37-28-8-5-27(32,6-9-28)7-10-28/h3-4,11-13,15-16,25,30,36,39H,5-10,17,32-33H2,1-2H3,(H,35,37)/b18-11+,30-13?,34-16?,38-24+. The number of nitrogens with two attached hydrogens (primary N) is 2. The maximum atomic E-state index is 14.2. The Kier molecular flexibility index (Phi) is 7.99. The number of allylic oxidation sites excluding steroid dienone is 1. The molecule has 2 aromatic rings. The van der Waals surface area contributed by atoms with Crippen molar-refractivity contribution >= 4 is 29.9 Å². The highest BCUT2D eigenvalue weighted by atomic mass is 19.1. The van der Waals surface area contributed by atoms with Crippen LogP contribution in [0.1, 0.15) is 63.6 Å². The molecule has 0 aromatic carbocycles. The molecule has 0 aliphatic heterocycles. The van der Waals surface area contributed by atoms with Crippen LogP contribution in [-0.2, 0) is 0 Å². The van der Waals surface area contributed by atoms with Gasteiger partial charge in [-0.3, -0.25) is 9.98 Å². The van der Waals surface area contributed by atoms with Gasteiger partial charge in [-0.2, -0.15) is 10.4 Å². The average Bonchev–Trinajstić information content (AvgIpc) is 3.39. The van der Waals surface area contributed by atoms with Gasteiger partial charge in [0.1, 0.15) is 18.0 Å². The minimum atomic E-state index is -1.55. The summed E-state index contributed by atoms with van der Waals surface area (Å²) in [6, 6.07) is 7.56. The summed E-state index contributed by atoms with van der Waals surface area (Å²) in [4.78, 5) is 12.0. The third-order valence-corrected chi connectivity index (χ3v) is 7.85. The number of hydrogen-bond acceptors (Lipinski definition) is 9. The number of aromatic amines is 1. The number of pyridine rings is 1. The van der Waals surface area contributed by atoms with Crippen molar-refractivity contribution in [2.45, 2.75) is 75.2 Å². The third-order valence-electron chi connectivity index (χ3n) is 7.85. The molecule has 3 aliphatic rings. The van der Waals surface area contributed by atoms with Crippen molar-refractivity contribution in [1.29, 1.82) is 10.7 Å². The number of H-pyrrole nitrogens is 1. The minimum absolute atomic E-state index is 0.0808. The summed E-state index contributed by atoms with van der Waals surface area (Å²) in [7, 11) is 0. The number of anilines is 1. The first-order chi connectivity index (χ1) is 18.5. The smallest absolute Gasteiger partial charge is 0.147 e. The van der Waals surface area contributed by atoms with Crippen LogP contribution in [0.3, 0.4) is 0 Å². The van der Waals surface area contributed by atoms with Crippen LogP contribution in [0, 0.1) is 16.7 Å². The number of aliphatic imine (C=N–C) groups is 1. The summed E-state index contributed by atoms with van der Waals surface area (Å²) in [5.41, 5.74) is 8.83. The molecule has 0 radical (unpaired) electrons. The fourth-order valence-corrected chi connectivity index (χ4v) is 5.14. The van der Waals surface area contributed by atoms with E-state index in [1.54, 1.807) is 12.3 Å². The average molecular weight is 534 g/mol. The van der Waals surface area contributed by atoms with E-state index >= 15 is 0 Å². The van der Waals surface area contributed by atoms with Gasteiger partial charge >= 0.3 is 0 Å². The first-order valence-corrected chi connectivity index (χ1v) is 13.0. The molecule has 39 heavy (non-hydrogen) atoms. The summed E-state index contributed by atoms with van der Waals surface area (Å²) < 4.78 is 14.2. The maximum absolute atomic E-state index is 14.2. The largest absolute Gasteiger partial charge is 0.387 e. The number of alkyl halides is 1. The van der Waals surface area contributed by atoms with Gasteiger partial charge in [0.15, 0.2) is 0 Å². The summed E-state index contributed by atoms with van der Waals surface area (Å²) in [6.45, 7) is 2.56. The third kappa shape index (κ3) is 6.41. The Bertz CT molecular complexity index is 1320. The van der Waals surface area contributed by atoms with E-state index in [9.17, 15) is 9.50 Å². The van der Waals surface area contributed by atoms with Crippen LogP contribution in [0.5, 0.6) is 0 Å². The van der Waals surface area contributed by atoms with E-state index in [0.717, 1.165) is 56.1 Å². The van der Waals surface area contributed by atoms with Gasteiger partial charge in [-0.25, -0.2) is 4.39 Å². The van der Waals surface area contributed by atoms with E-state index in [0.29, 0.717) is 22.7 Å². The number of hydrazone groups is 1. The number of nitrogens with one attached hydrogen (secondary N) is 3. The number of aromatic nitrogens is 2. The predicted octanol–water partition coefficient (Wildman–Crippen LogP) is 3.69. The summed E-state index contributed by atoms with van der Waals surface area (Å²) in [5.74, 6) is 5.75. The van der Waals surface area contributed by atoms with Crippen LogP contribution < -0.4 is 16.9 Å². The Balaban J connectivity index is 1.68. The molecule has 10 nitrogen and oxygen atoms in total. The molecule has 2 aromatic heterocycles. The normalized spacial score (nSPS) is 24.5. The molecule has 3 aliphatic carbocycles. The number of aliphatic hydroxyl groups is 1. The van der Waals surface area contributed by atoms with Gasteiger partial charge in [-0.1, -0.05) is 0 Å². The van der Waals surface area contributed by atoms with Crippen molar-refractivity contribution < 1.29 is 9.50 Å². The van der Waals surface area contributed by atoms with Gasteiger partial charge in [-0.15, -0.1) is 0 Å². The zero-order valence-electron chi connectivity index (χ0n) is 22.3. The van der Waals surface area contributed by atoms with Crippen LogP contribution in [0.15, 0.2) is 40.1 Å². The van der Waals surface area contributed by atoms with E-state index in [1.807, 2.05) is 24.3 Å². The Morgan fingerprint density at radius 1 is 1.33 bits per heavy atom. The molecule has 206 valence electrons. The number of rotatable bonds is 10. The molecule has 0 amide bonds. The van der Waals surface area contributed by atoms with Crippen molar-refractivity contribution in [3.63, 3.8) is 0 Å². The molecule has 2 bridgehead atoms. The van der Waals surface area contributed by atoms with E-state index in [4.69, 9.17) is 22.2 Å². The number of hydrogen-bond donors (Lipinski definition) is 6. The molecule has 8 N–H and O–H groups in total. The van der Waals surface area contributed by atoms with Gasteiger partial charge < -0.3 is 32.4 Å². The Labute approximate surface area is 227 Å². The van der Waals surface area contributed by atoms with E-state index in [2.05, 4.69) is 25.4 Å². The van der Waals surface area contributed by atoms with Crippen molar-refractivity contribution in [2.75, 3.05) is 11.9 Å². The first kappa shape index (κ1) is 28.1. The van der Waals surface area contributed by atoms with Crippen LogP contribution in [0.25, 0.3) is 17.5 Å². The molecule has 3 saturated carbocycles. The zero-order chi connectivity index (χ0) is 28.3. The van der Waals surface area contributed by atoms with Crippen molar-refractivity contribution in [3.05, 3.63) is 41.2 Å². The number of halogens is 1. The second kappa shape index (κ2) is 11.1. The molecular formula is C28H36FN9O. The van der Waals surface area contributed by atoms with Crippen LogP contribution in [0.4, 0.5) is 10.1 Å². The zero-order valence-corrected chi connectivity index (χ0v) is 22.3. The summed E-state index contributed by atoms with van der Waals surface area (Å²) >= 11 is 0. The highest BCUT2D eigenvalue weighted by Crippen LogP contribution is 2.47. The van der Waals surface area contributed by atoms with E-state index < -0.39 is 11.8 Å². The number of nitrogens with zero attached hydrogens (tertiary/aromatic N) is 4. The topological polar surface area (TPSA) is 185 Å². The lowest BCUT2D eigenvalue weighted by molar-refractivity contribution is 0.00172. The first-order valence-electron chi connectivity index (χ1n) is 13.0. The Hall–Kier alpha value is -3.88. The molecule has 2 heterocycles. The Morgan fingerprint density at radius 2 is 2.03 bits per heavy atom. The number of nitriles is 1. The lowest BCUT2D eigenvalue weighted by Gasteiger charge is -2.52. The predicted molar refractivity (Wildman–Crippen MR) is 153 cm³/mol. The second-order valence-corrected chi connectivity index (χ2v) is 11.2. The highest BCUT2D eigenvalue weighted by Gasteiger charge is 2.46. The van der Waals surface area contributed by atoms with Gasteiger partial charge in [0.25, 0.3) is 0 Å². The van der Waals surface area contributed by atoms with Crippen molar-refractivity contribution in [1.82, 2.24) is 9.97 Å². The quantitative estimate of drug-likeness (QED) is 0.117. The van der Waals surface area contributed by atoms with Crippen molar-refractivity contribution in [3.8, 4) is 17.5 Å². The molecule has 5 rings (SSSR count). The maximum Gasteiger partial charge on any atom is 0.147 e. The molecule has 0 saturated heterocycles. The Morgan fingerprint density at radius 3 is 2.62 bits per heavy atom. The molecule has 0 spiro atoms. The molecular weight excluding hydrogens is 497 g/mol. The SMILES string of the molecule is CC(C)(O)C(F)CN=C/C(=N\N)c1cnc(-c2ccc(/C=C(/C#N)C=N)[nH]2)cc1NC12CCC(N)(CC1)CC2. The monoisotopic (exact) mass is 533 g/mol. The second-order valence-electron chi connectivity index (χ2n) is 11.2. The fraction of sp³-hybridized carbons (Fsp3) is 0.464. The fourth-order valence-electron chi connectivity index (χ4n) is 5.14. The molecule has 11 heteroatoms. The van der Waals surface area contributed by atoms with Gasteiger partial charge in [-0.05, 0) is 76.6 Å². The van der Waals surface area contributed by atoms with Gasteiger partial charge in [0.05, 0.1) is 29.1 Å². The van der Waals surface area contributed by atoms with Crippen LogP contribution in [-0.4, -0.2) is 62.6 Å². The summed E-state index contributed by atoms with van der Waals surface area (Å²) in [6.07, 6.45) is 9.77. The summed E-state index contributed by atoms with van der Waals surface area (Å²) in [5, 5.41) is 34.0. The highest BCUT2D eigenvalue weighted by molar-refractivity contribution is 6.39. The lowest BCUT2D eigenvalue weighted by atomic mass is 9.62. The van der Waals surface area contributed by atoms with E-state index in [1.165, 1.54) is 20.1 Å². The lowest BCUT2D eigenvalue weighted by Crippen LogP contribution is -2.57. The van der Waals surface area contributed by atoms with Crippen LogP contribution in [0.2, 0.25) is 0 Å². The van der Waals surface area contributed by atoms with Crippen LogP contribution >= 0.6 is 0 Å². The van der Waals surface area contributed by atoms with E-state index in [-0.39, 0.29) is 23.2 Å². The minimum Gasteiger partial charge on any atom is -0.387 e. The molecule has 1 atom stereocenters.